The number of hydrogen-bond donors (Lipinski definition) is 1. The van der Waals surface area contributed by atoms with E-state index in [1.807, 2.05) is 18.7 Å². The first kappa shape index (κ1) is 21.6. The molecule has 11 heteroatoms. The molecule has 2 saturated heterocycles. The van der Waals surface area contributed by atoms with E-state index >= 15 is 0 Å². The molecule has 0 saturated carbocycles. The molecule has 168 valence electrons. The minimum absolute atomic E-state index is 0.00225. The Bertz CT molecular complexity index is 902. The van der Waals surface area contributed by atoms with E-state index in [9.17, 15) is 8.78 Å². The summed E-state index contributed by atoms with van der Waals surface area (Å²) in [5.74, 6) is 0.426. The lowest BCUT2D eigenvalue weighted by molar-refractivity contribution is 0.0216. The minimum atomic E-state index is -2.76. The van der Waals surface area contributed by atoms with Gasteiger partial charge >= 0.3 is 6.01 Å². The van der Waals surface area contributed by atoms with Crippen molar-refractivity contribution >= 4 is 11.8 Å². The molecule has 9 nitrogen and oxygen atoms in total. The molecule has 2 fully saturated rings. The van der Waals surface area contributed by atoms with Gasteiger partial charge in [0.25, 0.3) is 6.43 Å². The van der Waals surface area contributed by atoms with Gasteiger partial charge in [-0.25, -0.2) is 13.8 Å². The highest BCUT2D eigenvalue weighted by molar-refractivity contribution is 5.63. The average Bonchev–Trinajstić information content (AvgIpc) is 2.74. The van der Waals surface area contributed by atoms with E-state index in [4.69, 9.17) is 19.9 Å². The number of nitrogens with zero attached hydrogens (tertiary/aromatic N) is 5. The van der Waals surface area contributed by atoms with Gasteiger partial charge in [0.2, 0.25) is 5.95 Å². The Kier molecular flexibility index (Phi) is 6.42. The van der Waals surface area contributed by atoms with Gasteiger partial charge in [0.1, 0.15) is 11.9 Å². The van der Waals surface area contributed by atoms with E-state index in [1.54, 1.807) is 0 Å². The summed E-state index contributed by atoms with van der Waals surface area (Å²) in [6, 6.07) is 1.22. The topological polar surface area (TPSA) is 109 Å². The number of anilines is 2. The molecule has 31 heavy (non-hydrogen) atoms. The fourth-order valence-electron chi connectivity index (χ4n) is 3.83. The number of halogens is 2. The zero-order valence-electron chi connectivity index (χ0n) is 17.5. The van der Waals surface area contributed by atoms with Crippen molar-refractivity contribution < 1.29 is 23.0 Å². The highest BCUT2D eigenvalue weighted by Crippen LogP contribution is 2.32. The molecule has 4 heterocycles. The quantitative estimate of drug-likeness (QED) is 0.756. The minimum Gasteiger partial charge on any atom is -0.460 e. The van der Waals surface area contributed by atoms with Gasteiger partial charge in [0.15, 0.2) is 5.82 Å². The smallest absolute Gasteiger partial charge is 0.322 e. The molecule has 0 spiro atoms. The molecule has 0 bridgehead atoms. The van der Waals surface area contributed by atoms with E-state index in [2.05, 4.69) is 19.9 Å². The van der Waals surface area contributed by atoms with Crippen molar-refractivity contribution in [3.05, 3.63) is 17.8 Å². The summed E-state index contributed by atoms with van der Waals surface area (Å²) in [6.45, 7) is 6.18. The lowest BCUT2D eigenvalue weighted by atomic mass is 10.1. The first-order chi connectivity index (χ1) is 14.9. The Morgan fingerprint density at radius 2 is 1.81 bits per heavy atom. The summed E-state index contributed by atoms with van der Waals surface area (Å²) in [5, 5.41) is 0. The first-order valence-electron chi connectivity index (χ1n) is 10.3. The summed E-state index contributed by atoms with van der Waals surface area (Å²) in [4.78, 5) is 19.4. The van der Waals surface area contributed by atoms with Crippen LogP contribution in [0, 0.1) is 0 Å². The van der Waals surface area contributed by atoms with Crippen LogP contribution in [0.25, 0.3) is 11.4 Å². The van der Waals surface area contributed by atoms with E-state index < -0.39 is 6.43 Å². The molecule has 0 aliphatic carbocycles. The van der Waals surface area contributed by atoms with Gasteiger partial charge in [0.05, 0.1) is 38.5 Å². The molecule has 4 rings (SSSR count). The number of morpholine rings is 1. The second-order valence-electron chi connectivity index (χ2n) is 7.81. The molecule has 0 unspecified atom stereocenters. The number of nitrogen functional groups attached to an aromatic ring is 1. The average molecular weight is 436 g/mol. The zero-order valence-corrected chi connectivity index (χ0v) is 17.5. The van der Waals surface area contributed by atoms with Gasteiger partial charge in [-0.05, 0) is 19.9 Å². The summed E-state index contributed by atoms with van der Waals surface area (Å²) < 4.78 is 44.4. The zero-order chi connectivity index (χ0) is 22.0. The van der Waals surface area contributed by atoms with E-state index in [1.165, 1.54) is 6.20 Å². The van der Waals surface area contributed by atoms with Crippen LogP contribution in [-0.4, -0.2) is 64.6 Å². The number of rotatable bonds is 5. The molecular formula is C20H26F2N6O3. The molecular weight excluding hydrogens is 410 g/mol. The highest BCUT2D eigenvalue weighted by Gasteiger charge is 2.30. The first-order valence-corrected chi connectivity index (χ1v) is 10.3. The number of nitrogens with two attached hydrogens (primary N) is 1. The van der Waals surface area contributed by atoms with Gasteiger partial charge in [-0.1, -0.05) is 0 Å². The monoisotopic (exact) mass is 436 g/mol. The largest absolute Gasteiger partial charge is 0.460 e. The van der Waals surface area contributed by atoms with Crippen LogP contribution < -0.4 is 15.4 Å². The van der Waals surface area contributed by atoms with Crippen LogP contribution in [0.2, 0.25) is 0 Å². The van der Waals surface area contributed by atoms with Gasteiger partial charge in [-0.3, -0.25) is 0 Å². The van der Waals surface area contributed by atoms with Crippen LogP contribution in [0.15, 0.2) is 12.3 Å². The molecule has 2 aliphatic heterocycles. The maximum Gasteiger partial charge on any atom is 0.322 e. The molecule has 2 aromatic heterocycles. The van der Waals surface area contributed by atoms with Gasteiger partial charge in [0, 0.05) is 30.2 Å². The molecule has 0 radical (unpaired) electrons. The summed E-state index contributed by atoms with van der Waals surface area (Å²) in [7, 11) is 0. The Morgan fingerprint density at radius 3 is 2.48 bits per heavy atom. The molecule has 0 aromatic carbocycles. The van der Waals surface area contributed by atoms with E-state index in [0.29, 0.717) is 45.2 Å². The Labute approximate surface area is 179 Å². The highest BCUT2D eigenvalue weighted by atomic mass is 19.3. The van der Waals surface area contributed by atoms with Crippen molar-refractivity contribution in [1.82, 2.24) is 19.9 Å². The van der Waals surface area contributed by atoms with Crippen LogP contribution in [-0.2, 0) is 9.47 Å². The number of pyridine rings is 1. The van der Waals surface area contributed by atoms with Crippen LogP contribution >= 0.6 is 0 Å². The van der Waals surface area contributed by atoms with Crippen molar-refractivity contribution in [2.24, 2.45) is 0 Å². The Hall–Kier alpha value is -2.66. The number of ether oxygens (including phenoxy) is 3. The maximum atomic E-state index is 13.7. The third kappa shape index (κ3) is 4.82. The van der Waals surface area contributed by atoms with Crippen LogP contribution in [0.3, 0.4) is 0 Å². The van der Waals surface area contributed by atoms with Crippen LogP contribution in [0.4, 0.5) is 20.5 Å². The van der Waals surface area contributed by atoms with Gasteiger partial charge < -0.3 is 24.8 Å². The predicted octanol–water partition coefficient (Wildman–Crippen LogP) is 2.62. The molecule has 2 aliphatic rings. The SMILES string of the molecule is C[C@@H]1COC[C@H](C)N1c1nc(OC2CCOCC2)nc(-c2cnc(N)cc2C(F)F)n1. The fraction of sp³-hybridized carbons (Fsp3) is 0.600. The molecule has 2 atom stereocenters. The van der Waals surface area contributed by atoms with Crippen molar-refractivity contribution in [3.63, 3.8) is 0 Å². The second kappa shape index (κ2) is 9.23. The molecule has 2 N–H and O–H groups in total. The van der Waals surface area contributed by atoms with Gasteiger partial charge in [-0.2, -0.15) is 15.0 Å². The molecule has 0 amide bonds. The summed E-state index contributed by atoms with van der Waals surface area (Å²) in [5.41, 5.74) is 5.43. The van der Waals surface area contributed by atoms with Gasteiger partial charge in [-0.15, -0.1) is 0 Å². The van der Waals surface area contributed by atoms with E-state index in [0.717, 1.165) is 6.07 Å². The normalized spacial score (nSPS) is 22.7. The third-order valence-electron chi connectivity index (χ3n) is 5.38. The van der Waals surface area contributed by atoms with Crippen molar-refractivity contribution in [2.45, 2.75) is 51.3 Å². The molecule has 2 aromatic rings. The Balaban J connectivity index is 1.78. The predicted molar refractivity (Wildman–Crippen MR) is 109 cm³/mol. The van der Waals surface area contributed by atoms with E-state index in [-0.39, 0.29) is 47.0 Å². The van der Waals surface area contributed by atoms with Crippen LogP contribution in [0.5, 0.6) is 6.01 Å². The lowest BCUT2D eigenvalue weighted by Gasteiger charge is -2.38. The summed E-state index contributed by atoms with van der Waals surface area (Å²) >= 11 is 0. The summed E-state index contributed by atoms with van der Waals surface area (Å²) in [6.07, 6.45) is -0.212. The lowest BCUT2D eigenvalue weighted by Crippen LogP contribution is -2.50. The van der Waals surface area contributed by atoms with Crippen molar-refractivity contribution in [2.75, 3.05) is 37.1 Å². The Morgan fingerprint density at radius 1 is 1.10 bits per heavy atom. The maximum absolute atomic E-state index is 13.7. The van der Waals surface area contributed by atoms with Crippen LogP contribution in [0.1, 0.15) is 38.7 Å². The number of aromatic nitrogens is 4. The standard InChI is InChI=1S/C20H26F2N6O3/c1-11-9-30-10-12(2)28(11)19-25-18(15-8-24-16(23)7-14(15)17(21)22)26-20(27-19)31-13-3-5-29-6-4-13/h7-8,11-13,17H,3-6,9-10H2,1-2H3,(H2,23,24)/t11-,12+. The van der Waals surface area contributed by atoms with Crippen molar-refractivity contribution in [1.29, 1.82) is 0 Å². The second-order valence-corrected chi connectivity index (χ2v) is 7.81. The van der Waals surface area contributed by atoms with Crippen molar-refractivity contribution in [3.8, 4) is 17.4 Å². The third-order valence-corrected chi connectivity index (χ3v) is 5.38. The fourth-order valence-corrected chi connectivity index (χ4v) is 3.83. The number of hydrogen-bond acceptors (Lipinski definition) is 9. The number of alkyl halides is 2.